The smallest absolute Gasteiger partial charge is 1.00 e. The number of carbonyl (C=O) groups is 2. The number of ether oxygens (including phenoxy) is 5. The van der Waals surface area contributed by atoms with Gasteiger partial charge < -0.3 is 30.2 Å². The molecule has 0 heterocycles. The maximum atomic E-state index is 11.5. The van der Waals surface area contributed by atoms with E-state index in [9.17, 15) is 9.59 Å². The number of carbonyl (C=O) groups excluding carboxylic acids is 2. The zero-order chi connectivity index (χ0) is 77.1. The predicted molar refractivity (Wildman–Crippen MR) is 460 cm³/mol. The van der Waals surface area contributed by atoms with E-state index in [1.807, 2.05) is 60.7 Å². The second-order valence-corrected chi connectivity index (χ2v) is 30.2. The van der Waals surface area contributed by atoms with Crippen molar-refractivity contribution in [1.82, 2.24) is 0 Å². The first kappa shape index (κ1) is 90.0. The summed E-state index contributed by atoms with van der Waals surface area (Å²) in [5, 5.41) is 8.66. The van der Waals surface area contributed by atoms with Gasteiger partial charge in [-0.05, 0) is 174 Å². The zero-order valence-corrected chi connectivity index (χ0v) is 66.7. The van der Waals surface area contributed by atoms with E-state index in [4.69, 9.17) is 40.4 Å². The standard InChI is InChI=1S/C32H34O3.C32H38O2.C28H30O2.C4H5ClO.Al.Li.4H/c1-23(2)31(33)35-22-27-15-13-25(14-16-27)8-7-24-9-11-26(12-10-24)17-18-28-21-29(32(3,4)5)19-20-30(28)34-6;1-31(2,3)27-17-19-29(33-7)25(21-27)15-13-23-9-11-24(12-10-23)14-16-26-22-28(32(4,5)6)18-20-30(26)34-8;1-28(2,3)26-17-18-27(30-4)25(19-26)16-15-23-9-7-21(8-10-23)5-6-22-11-13-24(20-29)14-12-22;1-3(2)4(5)6;;;;;;/h7-21H,1,22H2,2-6H3;9-22H,1-8H3;5-19,29H,20H2,1-4H3;1H2,2H3;;;;;;/q;;;;;+1;;;;-1/b8-7+,18-17+;15-13+,16-14+;6-5+,16-15+;;;;;;;. The molecule has 0 atom stereocenters. The van der Waals surface area contributed by atoms with Crippen LogP contribution >= 0.6 is 11.6 Å². The molecule has 0 unspecified atom stereocenters. The summed E-state index contributed by atoms with van der Waals surface area (Å²) in [5.74, 6) is 3.15. The molecule has 0 aliphatic heterocycles. The molecule has 0 aliphatic carbocycles. The van der Waals surface area contributed by atoms with Crippen LogP contribution in [0.5, 0.6) is 23.0 Å². The van der Waals surface area contributed by atoms with Crippen molar-refractivity contribution in [2.24, 2.45) is 0 Å². The third-order valence-corrected chi connectivity index (χ3v) is 17.5. The topological polar surface area (TPSA) is 101 Å². The van der Waals surface area contributed by atoms with Crippen LogP contribution in [-0.2, 0) is 49.2 Å². The van der Waals surface area contributed by atoms with Crippen LogP contribution in [0.15, 0.2) is 218 Å². The number of hydrogen-bond acceptors (Lipinski definition) is 8. The molecule has 554 valence electrons. The van der Waals surface area contributed by atoms with Gasteiger partial charge in [0.25, 0.3) is 0 Å². The molecule has 107 heavy (non-hydrogen) atoms. The van der Waals surface area contributed by atoms with Crippen molar-refractivity contribution >= 4 is 113 Å². The van der Waals surface area contributed by atoms with Crippen molar-refractivity contribution in [3.05, 3.63) is 319 Å². The molecule has 0 radical (unpaired) electrons. The second-order valence-electron chi connectivity index (χ2n) is 29.9. The summed E-state index contributed by atoms with van der Waals surface area (Å²) >= 11 is 4.87. The van der Waals surface area contributed by atoms with Crippen LogP contribution in [-0.4, -0.2) is 62.1 Å². The number of rotatable bonds is 21. The van der Waals surface area contributed by atoms with Crippen LogP contribution in [0, 0.1) is 0 Å². The molecule has 1 N–H and O–H groups in total. The van der Waals surface area contributed by atoms with Gasteiger partial charge in [-0.3, -0.25) is 4.79 Å². The van der Waals surface area contributed by atoms with E-state index >= 15 is 0 Å². The fraction of sp³-hybridized carbons (Fsp3) is 0.250. The average Bonchev–Trinajstić information content (AvgIpc) is 0.834. The number of halogens is 1. The molecule has 9 aromatic carbocycles. The molecule has 9 aromatic rings. The van der Waals surface area contributed by atoms with Crippen molar-refractivity contribution in [3.8, 4) is 23.0 Å². The number of benzene rings is 9. The maximum absolute atomic E-state index is 11.5. The van der Waals surface area contributed by atoms with Gasteiger partial charge in [-0.2, -0.15) is 0 Å². The molecule has 9 rings (SSSR count). The molecule has 0 amide bonds. The Hall–Kier alpha value is -9.38. The minimum Gasteiger partial charge on any atom is -1.00 e. The summed E-state index contributed by atoms with van der Waals surface area (Å²) in [5.41, 5.74) is 21.5. The SMILES string of the molecule is C=C(C)C(=O)Cl.C=C(C)C(=O)OCc1ccc(/C=C/c2ccc(/C=C/c3cc(C(C)(C)C)ccc3OC)cc2)cc1.COc1ccc(C(C)(C)C)cc1/C=C/c1ccc(/C=C/c2cc(C(C)(C)C)ccc2OC)cc1.COc1ccc(C(C)(C)C)cc1/C=C/c1ccc(/C=C/c2ccc(CO)cc2)cc1.[AlH3].[H-].[Li+]. The summed E-state index contributed by atoms with van der Waals surface area (Å²) in [7, 11) is 6.85. The Bertz CT molecular complexity index is 4450. The van der Waals surface area contributed by atoms with E-state index in [-0.39, 0.29) is 78.5 Å². The Balaban J connectivity index is 0.000000399. The van der Waals surface area contributed by atoms with E-state index in [0.717, 1.165) is 101 Å². The molecule has 0 bridgehead atoms. The van der Waals surface area contributed by atoms with Gasteiger partial charge in [0.1, 0.15) is 29.6 Å². The van der Waals surface area contributed by atoms with Gasteiger partial charge in [0.05, 0.1) is 35.0 Å². The van der Waals surface area contributed by atoms with Crippen molar-refractivity contribution in [2.45, 2.75) is 132 Å². The van der Waals surface area contributed by atoms with Crippen molar-refractivity contribution < 1.29 is 58.7 Å². The first-order chi connectivity index (χ1) is 49.7. The molecule has 0 saturated heterocycles. The number of aliphatic hydroxyl groups excluding tert-OH is 1. The Morgan fingerprint density at radius 2 is 0.551 bits per heavy atom. The average molecular weight is 1460 g/mol. The fourth-order valence-electron chi connectivity index (χ4n) is 10.3. The van der Waals surface area contributed by atoms with Crippen LogP contribution in [0.2, 0.25) is 0 Å². The van der Waals surface area contributed by atoms with E-state index in [1.165, 1.54) is 22.3 Å². The largest absolute Gasteiger partial charge is 1.00 e. The molecule has 0 aromatic heterocycles. The molecule has 8 nitrogen and oxygen atoms in total. The quantitative estimate of drug-likeness (QED) is 0.0250. The first-order valence-corrected chi connectivity index (χ1v) is 35.7. The maximum Gasteiger partial charge on any atom is 1.00 e. The summed E-state index contributed by atoms with van der Waals surface area (Å²) in [6.07, 6.45) is 25.3. The Morgan fingerprint density at radius 3 is 0.729 bits per heavy atom. The zero-order valence-electron chi connectivity index (χ0n) is 66.9. The fourth-order valence-corrected chi connectivity index (χ4v) is 10.3. The van der Waals surface area contributed by atoms with Gasteiger partial charge in [0.15, 0.2) is 17.4 Å². The number of allylic oxidation sites excluding steroid dienone is 1. The molecule has 0 spiro atoms. The molecule has 0 aliphatic rings. The summed E-state index contributed by atoms with van der Waals surface area (Å²) in [6.45, 7) is 37.0. The third-order valence-electron chi connectivity index (χ3n) is 17.1. The minimum absolute atomic E-state index is 0. The molecule has 0 saturated carbocycles. The van der Waals surface area contributed by atoms with E-state index in [1.54, 1.807) is 42.3 Å². The van der Waals surface area contributed by atoms with Gasteiger partial charge in [-0.1, -0.05) is 315 Å². The summed E-state index contributed by atoms with van der Waals surface area (Å²) < 4.78 is 27.4. The number of hydrogen-bond donors (Lipinski definition) is 1. The van der Waals surface area contributed by atoms with Crippen molar-refractivity contribution in [1.29, 1.82) is 0 Å². The van der Waals surface area contributed by atoms with Crippen LogP contribution in [0.3, 0.4) is 0 Å². The van der Waals surface area contributed by atoms with Crippen LogP contribution in [0.4, 0.5) is 0 Å². The normalized spacial score (nSPS) is 11.6. The molecule has 11 heteroatoms. The monoisotopic (exact) mass is 1460 g/mol. The van der Waals surface area contributed by atoms with Gasteiger partial charge in [0, 0.05) is 33.4 Å². The molecule has 0 fully saturated rings. The minimum atomic E-state index is -0.463. The van der Waals surface area contributed by atoms with Crippen LogP contribution < -0.4 is 37.8 Å². The van der Waals surface area contributed by atoms with Gasteiger partial charge >= 0.3 is 24.8 Å². The second kappa shape index (κ2) is 42.8. The number of esters is 1. The van der Waals surface area contributed by atoms with Crippen molar-refractivity contribution in [2.75, 3.05) is 28.4 Å². The van der Waals surface area contributed by atoms with Crippen LogP contribution in [0.25, 0.3) is 72.9 Å². The van der Waals surface area contributed by atoms with E-state index in [0.29, 0.717) is 11.1 Å². The van der Waals surface area contributed by atoms with Crippen LogP contribution in [0.1, 0.15) is 199 Å². The Morgan fingerprint density at radius 1 is 0.355 bits per heavy atom. The first-order valence-electron chi connectivity index (χ1n) is 35.3. The van der Waals surface area contributed by atoms with Gasteiger partial charge in [0.2, 0.25) is 5.24 Å². The predicted octanol–water partition coefficient (Wildman–Crippen LogP) is 20.7. The van der Waals surface area contributed by atoms with E-state index < -0.39 is 5.24 Å². The third kappa shape index (κ3) is 30.1. The molecular weight excluding hydrogens is 1350 g/mol. The Labute approximate surface area is 668 Å². The van der Waals surface area contributed by atoms with Gasteiger partial charge in [-0.15, -0.1) is 0 Å². The molecular formula is C96H111AlClLiO8. The summed E-state index contributed by atoms with van der Waals surface area (Å²) in [4.78, 5) is 21.3. The number of methoxy groups -OCH3 is 4. The summed E-state index contributed by atoms with van der Waals surface area (Å²) in [6, 6.07) is 66.8. The van der Waals surface area contributed by atoms with E-state index in [2.05, 4.69) is 303 Å². The Kier molecular flexibility index (Phi) is 36.0. The van der Waals surface area contributed by atoms with Crippen molar-refractivity contribution in [3.63, 3.8) is 0 Å². The van der Waals surface area contributed by atoms with Gasteiger partial charge in [-0.25, -0.2) is 4.79 Å². The number of aliphatic hydroxyl groups is 1.